The Balaban J connectivity index is 1.82. The quantitative estimate of drug-likeness (QED) is 0.848. The Labute approximate surface area is 152 Å². The van der Waals surface area contributed by atoms with Crippen LogP contribution in [0.3, 0.4) is 0 Å². The van der Waals surface area contributed by atoms with Crippen molar-refractivity contribution in [2.24, 2.45) is 11.1 Å². The zero-order valence-corrected chi connectivity index (χ0v) is 15.4. The largest absolute Gasteiger partial charge is 0.368 e. The fraction of sp³-hybridized carbons (Fsp3) is 0.588. The maximum Gasteiger partial charge on any atom is 0.245 e. The van der Waals surface area contributed by atoms with Crippen LogP contribution in [0, 0.1) is 17.0 Å². The van der Waals surface area contributed by atoms with Gasteiger partial charge in [-0.05, 0) is 56.8 Å². The van der Waals surface area contributed by atoms with Gasteiger partial charge in [0.15, 0.2) is 0 Å². The van der Waals surface area contributed by atoms with Crippen molar-refractivity contribution >= 4 is 15.9 Å². The van der Waals surface area contributed by atoms with Crippen LogP contribution in [-0.4, -0.2) is 56.3 Å². The Bertz CT molecular complexity index is 807. The molecule has 0 aliphatic carbocycles. The molecular formula is C17H23F2N3O3S. The third-order valence-corrected chi connectivity index (χ3v) is 7.64. The summed E-state index contributed by atoms with van der Waals surface area (Å²) in [5.41, 5.74) is 5.26. The summed E-state index contributed by atoms with van der Waals surface area (Å²) >= 11 is 0. The minimum absolute atomic E-state index is 0.177. The van der Waals surface area contributed by atoms with E-state index in [2.05, 4.69) is 0 Å². The monoisotopic (exact) mass is 387 g/mol. The SMILES string of the molecule is CN1CCCC2(CCN(S(=O)(=O)c3ccc(F)cc3F)CC2)C1C(N)=O. The van der Waals surface area contributed by atoms with E-state index >= 15 is 0 Å². The van der Waals surface area contributed by atoms with Crippen molar-refractivity contribution in [1.82, 2.24) is 9.21 Å². The molecule has 2 aliphatic rings. The van der Waals surface area contributed by atoms with E-state index in [1.165, 1.54) is 4.31 Å². The van der Waals surface area contributed by atoms with Crippen molar-refractivity contribution in [3.05, 3.63) is 29.8 Å². The average Bonchev–Trinajstić information content (AvgIpc) is 2.54. The van der Waals surface area contributed by atoms with Crippen molar-refractivity contribution in [3.63, 3.8) is 0 Å². The first-order valence-electron chi connectivity index (χ1n) is 8.62. The first-order chi connectivity index (χ1) is 12.2. The molecule has 1 aromatic rings. The first kappa shape index (κ1) is 19.2. The molecular weight excluding hydrogens is 364 g/mol. The second-order valence-corrected chi connectivity index (χ2v) is 9.14. The lowest BCUT2D eigenvalue weighted by Gasteiger charge is -2.51. The van der Waals surface area contributed by atoms with Gasteiger partial charge in [0.05, 0.1) is 6.04 Å². The highest BCUT2D eigenvalue weighted by Crippen LogP contribution is 2.45. The maximum absolute atomic E-state index is 14.0. The molecule has 0 saturated carbocycles. The number of nitrogens with two attached hydrogens (primary N) is 1. The molecule has 0 aromatic heterocycles. The molecule has 2 N–H and O–H groups in total. The Morgan fingerprint density at radius 3 is 2.42 bits per heavy atom. The van der Waals surface area contributed by atoms with E-state index < -0.39 is 38.5 Å². The Morgan fingerprint density at radius 1 is 1.19 bits per heavy atom. The van der Waals surface area contributed by atoms with E-state index in [1.54, 1.807) is 0 Å². The molecule has 2 saturated heterocycles. The van der Waals surface area contributed by atoms with E-state index in [-0.39, 0.29) is 18.5 Å². The van der Waals surface area contributed by atoms with Gasteiger partial charge in [0.2, 0.25) is 15.9 Å². The van der Waals surface area contributed by atoms with Gasteiger partial charge < -0.3 is 5.73 Å². The van der Waals surface area contributed by atoms with Gasteiger partial charge in [-0.15, -0.1) is 0 Å². The number of likely N-dealkylation sites (N-methyl/N-ethyl adjacent to an activating group) is 1. The van der Waals surface area contributed by atoms with E-state index in [9.17, 15) is 22.0 Å². The van der Waals surface area contributed by atoms with Gasteiger partial charge in [-0.25, -0.2) is 17.2 Å². The lowest BCUT2D eigenvalue weighted by atomic mass is 9.67. The van der Waals surface area contributed by atoms with Crippen LogP contribution >= 0.6 is 0 Å². The second-order valence-electron chi connectivity index (χ2n) is 7.23. The molecule has 1 unspecified atom stereocenters. The predicted molar refractivity (Wildman–Crippen MR) is 91.6 cm³/mol. The topological polar surface area (TPSA) is 83.7 Å². The molecule has 9 heteroatoms. The summed E-state index contributed by atoms with van der Waals surface area (Å²) in [5.74, 6) is -2.32. The van der Waals surface area contributed by atoms with Crippen molar-refractivity contribution in [3.8, 4) is 0 Å². The molecule has 26 heavy (non-hydrogen) atoms. The van der Waals surface area contributed by atoms with Crippen LogP contribution in [0.1, 0.15) is 25.7 Å². The van der Waals surface area contributed by atoms with Gasteiger partial charge in [0.25, 0.3) is 0 Å². The molecule has 0 radical (unpaired) electrons. The van der Waals surface area contributed by atoms with Crippen molar-refractivity contribution in [1.29, 1.82) is 0 Å². The van der Waals surface area contributed by atoms with Crippen LogP contribution in [0.25, 0.3) is 0 Å². The van der Waals surface area contributed by atoms with Crippen molar-refractivity contribution in [2.45, 2.75) is 36.6 Å². The summed E-state index contributed by atoms with van der Waals surface area (Å²) in [4.78, 5) is 13.4. The summed E-state index contributed by atoms with van der Waals surface area (Å²) in [6.07, 6.45) is 2.68. The number of likely N-dealkylation sites (tertiary alicyclic amines) is 1. The molecule has 1 aromatic carbocycles. The Kier molecular flexibility index (Phi) is 5.06. The lowest BCUT2D eigenvalue weighted by Crippen LogP contribution is -2.60. The molecule has 2 heterocycles. The summed E-state index contributed by atoms with van der Waals surface area (Å²) < 4.78 is 53.7. The molecule has 0 bridgehead atoms. The number of hydrogen-bond donors (Lipinski definition) is 1. The van der Waals surface area contributed by atoms with Gasteiger partial charge >= 0.3 is 0 Å². The number of amides is 1. The number of nitrogens with zero attached hydrogens (tertiary/aromatic N) is 2. The van der Waals surface area contributed by atoms with E-state index in [1.807, 2.05) is 11.9 Å². The van der Waals surface area contributed by atoms with Gasteiger partial charge in [-0.3, -0.25) is 9.69 Å². The normalized spacial score (nSPS) is 24.7. The van der Waals surface area contributed by atoms with Gasteiger partial charge in [-0.1, -0.05) is 0 Å². The molecule has 3 rings (SSSR count). The second kappa shape index (κ2) is 6.86. The number of carbonyl (C=O) groups is 1. The van der Waals surface area contributed by atoms with Crippen LogP contribution in [0.5, 0.6) is 0 Å². The van der Waals surface area contributed by atoms with Crippen molar-refractivity contribution in [2.75, 3.05) is 26.7 Å². The maximum atomic E-state index is 14.0. The minimum atomic E-state index is -4.05. The Hall–Kier alpha value is -1.58. The standard InChI is InChI=1S/C17H23F2N3O3S/c1-21-8-2-5-17(15(21)16(20)23)6-9-22(10-7-17)26(24,25)14-4-3-12(18)11-13(14)19/h3-4,11,15H,2,5-10H2,1H3,(H2,20,23). The highest BCUT2D eigenvalue weighted by molar-refractivity contribution is 7.89. The van der Waals surface area contributed by atoms with Gasteiger partial charge in [0, 0.05) is 19.2 Å². The zero-order chi connectivity index (χ0) is 19.1. The summed E-state index contributed by atoms with van der Waals surface area (Å²) in [6.45, 7) is 1.13. The number of benzene rings is 1. The summed E-state index contributed by atoms with van der Waals surface area (Å²) in [5, 5.41) is 0. The lowest BCUT2D eigenvalue weighted by molar-refractivity contribution is -0.132. The molecule has 1 amide bonds. The Morgan fingerprint density at radius 2 is 1.85 bits per heavy atom. The van der Waals surface area contributed by atoms with Crippen LogP contribution < -0.4 is 5.73 Å². The molecule has 144 valence electrons. The van der Waals surface area contributed by atoms with Crippen LogP contribution in [0.2, 0.25) is 0 Å². The molecule has 1 atom stereocenters. The van der Waals surface area contributed by atoms with Crippen LogP contribution in [0.4, 0.5) is 8.78 Å². The van der Waals surface area contributed by atoms with Crippen LogP contribution in [0.15, 0.2) is 23.1 Å². The first-order valence-corrected chi connectivity index (χ1v) is 10.1. The number of primary amides is 1. The highest BCUT2D eigenvalue weighted by atomic mass is 32.2. The molecule has 6 nitrogen and oxygen atoms in total. The molecule has 2 fully saturated rings. The predicted octanol–water partition coefficient (Wildman–Crippen LogP) is 1.32. The fourth-order valence-corrected chi connectivity index (χ4v) is 5.94. The molecule has 2 aliphatic heterocycles. The third-order valence-electron chi connectivity index (χ3n) is 5.71. The summed E-state index contributed by atoms with van der Waals surface area (Å²) in [6, 6.07) is 2.02. The van der Waals surface area contributed by atoms with Crippen molar-refractivity contribution < 1.29 is 22.0 Å². The fourth-order valence-electron chi connectivity index (χ4n) is 4.45. The minimum Gasteiger partial charge on any atom is -0.368 e. The number of carbonyl (C=O) groups excluding carboxylic acids is 1. The number of piperidine rings is 2. The average molecular weight is 387 g/mol. The van der Waals surface area contributed by atoms with Gasteiger partial charge in [-0.2, -0.15) is 4.31 Å². The van der Waals surface area contributed by atoms with Gasteiger partial charge in [0.1, 0.15) is 16.5 Å². The zero-order valence-electron chi connectivity index (χ0n) is 14.6. The molecule has 1 spiro atoms. The smallest absolute Gasteiger partial charge is 0.245 e. The van der Waals surface area contributed by atoms with E-state index in [0.717, 1.165) is 31.5 Å². The number of halogens is 2. The number of hydrogen-bond acceptors (Lipinski definition) is 4. The van der Waals surface area contributed by atoms with E-state index in [0.29, 0.717) is 18.9 Å². The highest BCUT2D eigenvalue weighted by Gasteiger charge is 2.49. The van der Waals surface area contributed by atoms with E-state index in [4.69, 9.17) is 5.73 Å². The summed E-state index contributed by atoms with van der Waals surface area (Å²) in [7, 11) is -2.20. The number of sulfonamides is 1. The van der Waals surface area contributed by atoms with Crippen LogP contribution in [-0.2, 0) is 14.8 Å². The number of rotatable bonds is 3. The third kappa shape index (κ3) is 3.23.